The molecule has 3 rings (SSSR count). The van der Waals surface area contributed by atoms with Crippen LogP contribution in [0.5, 0.6) is 0 Å². The Bertz CT molecular complexity index is 811. The van der Waals surface area contributed by atoms with Gasteiger partial charge in [0.05, 0.1) is 6.04 Å². The quantitative estimate of drug-likeness (QED) is 0.656. The van der Waals surface area contributed by atoms with Crippen molar-refractivity contribution in [1.29, 1.82) is 0 Å². The van der Waals surface area contributed by atoms with Gasteiger partial charge in [-0.25, -0.2) is 0 Å². The third-order valence-corrected chi connectivity index (χ3v) is 4.45. The van der Waals surface area contributed by atoms with Crippen LogP contribution in [0.1, 0.15) is 33.1 Å². The molecule has 0 saturated heterocycles. The molecule has 0 unspecified atom stereocenters. The summed E-state index contributed by atoms with van der Waals surface area (Å²) in [4.78, 5) is 12.7. The SMILES string of the molecule is Cc1ccc([C@@H](NC(=O)c2ccc(Br)cc2)c2ccccc2)cc1. The molecule has 0 aliphatic heterocycles. The molecule has 1 atom stereocenters. The average molecular weight is 380 g/mol. The van der Waals surface area contributed by atoms with Gasteiger partial charge in [-0.2, -0.15) is 0 Å². The van der Waals surface area contributed by atoms with Crippen LogP contribution in [0.15, 0.2) is 83.3 Å². The second kappa shape index (κ2) is 7.45. The molecule has 0 fully saturated rings. The first-order chi connectivity index (χ1) is 11.6. The fraction of sp³-hybridized carbons (Fsp3) is 0.0952. The lowest BCUT2D eigenvalue weighted by molar-refractivity contribution is 0.0943. The van der Waals surface area contributed by atoms with E-state index in [4.69, 9.17) is 0 Å². The van der Waals surface area contributed by atoms with E-state index in [2.05, 4.69) is 52.4 Å². The van der Waals surface area contributed by atoms with Crippen LogP contribution in [0.25, 0.3) is 0 Å². The number of halogens is 1. The maximum atomic E-state index is 12.7. The summed E-state index contributed by atoms with van der Waals surface area (Å²) in [5.74, 6) is -0.0862. The van der Waals surface area contributed by atoms with E-state index in [-0.39, 0.29) is 11.9 Å². The lowest BCUT2D eigenvalue weighted by Gasteiger charge is -2.20. The topological polar surface area (TPSA) is 29.1 Å². The standard InChI is InChI=1S/C21H18BrNO/c1-15-7-9-17(10-8-15)20(16-5-3-2-4-6-16)23-21(24)18-11-13-19(22)14-12-18/h2-14,20H,1H3,(H,23,24)/t20-/m0/s1. The zero-order valence-corrected chi connectivity index (χ0v) is 15.0. The highest BCUT2D eigenvalue weighted by atomic mass is 79.9. The molecule has 3 heteroatoms. The molecule has 24 heavy (non-hydrogen) atoms. The molecular formula is C21H18BrNO. The van der Waals surface area contributed by atoms with Gasteiger partial charge in [0.15, 0.2) is 0 Å². The molecule has 120 valence electrons. The summed E-state index contributed by atoms with van der Waals surface area (Å²) in [7, 11) is 0. The van der Waals surface area contributed by atoms with Gasteiger partial charge in [0.1, 0.15) is 0 Å². The van der Waals surface area contributed by atoms with E-state index in [1.54, 1.807) is 0 Å². The van der Waals surface area contributed by atoms with Crippen molar-refractivity contribution in [3.05, 3.63) is 106 Å². The minimum Gasteiger partial charge on any atom is -0.341 e. The molecule has 2 nitrogen and oxygen atoms in total. The second-order valence-electron chi connectivity index (χ2n) is 5.73. The Morgan fingerprint density at radius 1 is 0.833 bits per heavy atom. The number of carbonyl (C=O) groups excluding carboxylic acids is 1. The van der Waals surface area contributed by atoms with Crippen molar-refractivity contribution in [1.82, 2.24) is 5.32 Å². The first-order valence-electron chi connectivity index (χ1n) is 7.81. The molecule has 0 aliphatic rings. The van der Waals surface area contributed by atoms with E-state index in [1.807, 2.05) is 54.6 Å². The Hall–Kier alpha value is -2.39. The molecule has 0 aromatic heterocycles. The molecule has 3 aromatic carbocycles. The van der Waals surface area contributed by atoms with Crippen LogP contribution in [0, 0.1) is 6.92 Å². The highest BCUT2D eigenvalue weighted by molar-refractivity contribution is 9.10. The monoisotopic (exact) mass is 379 g/mol. The molecule has 1 N–H and O–H groups in total. The minimum atomic E-state index is -0.178. The summed E-state index contributed by atoms with van der Waals surface area (Å²) in [5.41, 5.74) is 3.97. The second-order valence-corrected chi connectivity index (χ2v) is 6.65. The van der Waals surface area contributed by atoms with Crippen molar-refractivity contribution in [2.24, 2.45) is 0 Å². The Labute approximate surface area is 150 Å². The minimum absolute atomic E-state index is 0.0862. The normalized spacial score (nSPS) is 11.8. The molecule has 0 aliphatic carbocycles. The molecule has 0 spiro atoms. The van der Waals surface area contributed by atoms with Crippen LogP contribution in [0.2, 0.25) is 0 Å². The summed E-state index contributed by atoms with van der Waals surface area (Å²) >= 11 is 3.39. The lowest BCUT2D eigenvalue weighted by Crippen LogP contribution is -2.29. The van der Waals surface area contributed by atoms with Crippen molar-refractivity contribution in [3.8, 4) is 0 Å². The van der Waals surface area contributed by atoms with Crippen LogP contribution >= 0.6 is 15.9 Å². The maximum absolute atomic E-state index is 12.7. The number of carbonyl (C=O) groups is 1. The van der Waals surface area contributed by atoms with Gasteiger partial charge in [0, 0.05) is 10.0 Å². The van der Waals surface area contributed by atoms with E-state index in [0.717, 1.165) is 15.6 Å². The maximum Gasteiger partial charge on any atom is 0.252 e. The average Bonchev–Trinajstić information content (AvgIpc) is 2.62. The van der Waals surface area contributed by atoms with Crippen LogP contribution in [0.3, 0.4) is 0 Å². The van der Waals surface area contributed by atoms with E-state index in [0.29, 0.717) is 5.56 Å². The third-order valence-electron chi connectivity index (χ3n) is 3.93. The number of rotatable bonds is 4. The zero-order valence-electron chi connectivity index (χ0n) is 13.4. The fourth-order valence-electron chi connectivity index (χ4n) is 2.58. The Balaban J connectivity index is 1.91. The van der Waals surface area contributed by atoms with Crippen molar-refractivity contribution in [3.63, 3.8) is 0 Å². The Morgan fingerprint density at radius 2 is 1.42 bits per heavy atom. The smallest absolute Gasteiger partial charge is 0.252 e. The van der Waals surface area contributed by atoms with Gasteiger partial charge >= 0.3 is 0 Å². The number of hydrogen-bond acceptors (Lipinski definition) is 1. The number of benzene rings is 3. The van der Waals surface area contributed by atoms with Crippen LogP contribution in [-0.4, -0.2) is 5.91 Å². The summed E-state index contributed by atoms with van der Waals surface area (Å²) in [6.45, 7) is 2.06. The molecular weight excluding hydrogens is 362 g/mol. The molecule has 0 radical (unpaired) electrons. The Kier molecular flexibility index (Phi) is 5.11. The van der Waals surface area contributed by atoms with Gasteiger partial charge in [-0.05, 0) is 42.3 Å². The van der Waals surface area contributed by atoms with Gasteiger partial charge in [-0.15, -0.1) is 0 Å². The first kappa shape index (κ1) is 16.5. The van der Waals surface area contributed by atoms with Gasteiger partial charge in [0.25, 0.3) is 5.91 Å². The first-order valence-corrected chi connectivity index (χ1v) is 8.61. The van der Waals surface area contributed by atoms with E-state index < -0.39 is 0 Å². The number of nitrogens with one attached hydrogen (secondary N) is 1. The van der Waals surface area contributed by atoms with Crippen LogP contribution < -0.4 is 5.32 Å². The summed E-state index contributed by atoms with van der Waals surface area (Å²) in [6.07, 6.45) is 0. The number of aryl methyl sites for hydroxylation is 1. The van der Waals surface area contributed by atoms with Crippen LogP contribution in [-0.2, 0) is 0 Å². The van der Waals surface area contributed by atoms with Crippen molar-refractivity contribution in [2.45, 2.75) is 13.0 Å². The zero-order chi connectivity index (χ0) is 16.9. The third kappa shape index (κ3) is 3.92. The molecule has 0 saturated carbocycles. The number of amides is 1. The largest absolute Gasteiger partial charge is 0.341 e. The summed E-state index contributed by atoms with van der Waals surface area (Å²) in [6, 6.07) is 25.5. The van der Waals surface area contributed by atoms with Gasteiger partial charge in [-0.1, -0.05) is 76.1 Å². The molecule has 3 aromatic rings. The summed E-state index contributed by atoms with van der Waals surface area (Å²) < 4.78 is 0.956. The number of hydrogen-bond donors (Lipinski definition) is 1. The van der Waals surface area contributed by atoms with E-state index in [9.17, 15) is 4.79 Å². The van der Waals surface area contributed by atoms with Gasteiger partial charge in [-0.3, -0.25) is 4.79 Å². The highest BCUT2D eigenvalue weighted by Gasteiger charge is 2.17. The van der Waals surface area contributed by atoms with Gasteiger partial charge in [0.2, 0.25) is 0 Å². The summed E-state index contributed by atoms with van der Waals surface area (Å²) in [5, 5.41) is 3.15. The molecule has 1 amide bonds. The van der Waals surface area contributed by atoms with Gasteiger partial charge < -0.3 is 5.32 Å². The van der Waals surface area contributed by atoms with Crippen LogP contribution in [0.4, 0.5) is 0 Å². The van der Waals surface area contributed by atoms with Crippen molar-refractivity contribution >= 4 is 21.8 Å². The fourth-order valence-corrected chi connectivity index (χ4v) is 2.84. The molecule has 0 heterocycles. The predicted molar refractivity (Wildman–Crippen MR) is 101 cm³/mol. The van der Waals surface area contributed by atoms with E-state index in [1.165, 1.54) is 5.56 Å². The predicted octanol–water partition coefficient (Wildman–Crippen LogP) is 5.28. The Morgan fingerprint density at radius 3 is 2.04 bits per heavy atom. The molecule has 0 bridgehead atoms. The van der Waals surface area contributed by atoms with E-state index >= 15 is 0 Å². The van der Waals surface area contributed by atoms with Crippen molar-refractivity contribution < 1.29 is 4.79 Å². The van der Waals surface area contributed by atoms with Crippen molar-refractivity contribution in [2.75, 3.05) is 0 Å². The highest BCUT2D eigenvalue weighted by Crippen LogP contribution is 2.23. The lowest BCUT2D eigenvalue weighted by atomic mass is 9.97.